The minimum atomic E-state index is -3.30. The van der Waals surface area contributed by atoms with E-state index in [1.54, 1.807) is 4.90 Å². The quantitative estimate of drug-likeness (QED) is 0.721. The van der Waals surface area contributed by atoms with E-state index in [1.165, 1.54) is 0 Å². The number of hydrogen-bond acceptors (Lipinski definition) is 5. The monoisotopic (exact) mass is 332 g/mol. The van der Waals surface area contributed by atoms with Gasteiger partial charge in [-0.3, -0.25) is 9.69 Å². The van der Waals surface area contributed by atoms with Gasteiger partial charge in [0.05, 0.1) is 19.0 Å². The zero-order chi connectivity index (χ0) is 16.3. The summed E-state index contributed by atoms with van der Waals surface area (Å²) in [6.07, 6.45) is 0. The number of rotatable bonds is 5. The van der Waals surface area contributed by atoms with Crippen molar-refractivity contribution < 1.29 is 17.9 Å². The summed E-state index contributed by atoms with van der Waals surface area (Å²) in [6, 6.07) is 0.320. The first-order valence-corrected chi connectivity index (χ1v) is 9.90. The zero-order valence-electron chi connectivity index (χ0n) is 13.8. The lowest BCUT2D eigenvalue weighted by molar-refractivity contribution is -0.127. The van der Waals surface area contributed by atoms with Crippen LogP contribution in [0, 0.1) is 11.8 Å². The molecule has 2 atom stereocenters. The van der Waals surface area contributed by atoms with Gasteiger partial charge in [0.15, 0.2) is 9.84 Å². The van der Waals surface area contributed by atoms with Crippen molar-refractivity contribution in [3.8, 4) is 0 Å². The smallest absolute Gasteiger partial charge is 0.237 e. The molecule has 0 aromatic heterocycles. The second-order valence-electron chi connectivity index (χ2n) is 6.94. The summed E-state index contributed by atoms with van der Waals surface area (Å²) in [6.45, 7) is 10.4. The van der Waals surface area contributed by atoms with E-state index in [1.807, 2.05) is 13.8 Å². The van der Waals surface area contributed by atoms with E-state index in [4.69, 9.17) is 4.74 Å². The lowest BCUT2D eigenvalue weighted by Crippen LogP contribution is -2.47. The van der Waals surface area contributed by atoms with Crippen LogP contribution in [-0.4, -0.2) is 81.1 Å². The van der Waals surface area contributed by atoms with Gasteiger partial charge in [0.25, 0.3) is 0 Å². The number of morpholine rings is 1. The minimum absolute atomic E-state index is 0.0522. The summed E-state index contributed by atoms with van der Waals surface area (Å²) >= 11 is 0. The Labute approximate surface area is 133 Å². The Morgan fingerprint density at radius 2 is 1.86 bits per heavy atom. The molecule has 6 nitrogen and oxygen atoms in total. The highest BCUT2D eigenvalue weighted by molar-refractivity contribution is 7.92. The Kier molecular flexibility index (Phi) is 5.85. The normalized spacial score (nSPS) is 27.5. The molecular weight excluding hydrogens is 304 g/mol. The summed E-state index contributed by atoms with van der Waals surface area (Å²) in [7, 11) is -3.30. The lowest BCUT2D eigenvalue weighted by Gasteiger charge is -2.33. The fourth-order valence-corrected chi connectivity index (χ4v) is 5.08. The molecule has 2 heterocycles. The maximum atomic E-state index is 12.3. The molecular formula is C15H28N2O4S. The number of likely N-dealkylation sites (tertiary alicyclic amines) is 1. The van der Waals surface area contributed by atoms with Gasteiger partial charge in [-0.2, -0.15) is 0 Å². The third-order valence-electron chi connectivity index (χ3n) is 4.37. The number of ether oxygens (including phenoxy) is 1. The molecule has 0 spiro atoms. The van der Waals surface area contributed by atoms with Gasteiger partial charge < -0.3 is 9.64 Å². The summed E-state index contributed by atoms with van der Waals surface area (Å²) in [4.78, 5) is 16.4. The number of carbonyl (C=O) groups excluding carboxylic acids is 1. The van der Waals surface area contributed by atoms with Crippen LogP contribution in [0.4, 0.5) is 0 Å². The van der Waals surface area contributed by atoms with Gasteiger partial charge in [0, 0.05) is 32.2 Å². The van der Waals surface area contributed by atoms with Crippen molar-refractivity contribution in [3.05, 3.63) is 0 Å². The molecule has 1 amide bonds. The van der Waals surface area contributed by atoms with Gasteiger partial charge in [0.1, 0.15) is 5.75 Å². The number of hydrogen-bond donors (Lipinski definition) is 0. The predicted molar refractivity (Wildman–Crippen MR) is 85.4 cm³/mol. The highest BCUT2D eigenvalue weighted by Crippen LogP contribution is 2.23. The molecule has 7 heteroatoms. The van der Waals surface area contributed by atoms with E-state index in [9.17, 15) is 13.2 Å². The fraction of sp³-hybridized carbons (Fsp3) is 0.933. The molecule has 0 unspecified atom stereocenters. The van der Waals surface area contributed by atoms with E-state index in [0.29, 0.717) is 25.0 Å². The van der Waals surface area contributed by atoms with Crippen LogP contribution < -0.4 is 0 Å². The van der Waals surface area contributed by atoms with E-state index in [0.717, 1.165) is 26.3 Å². The van der Waals surface area contributed by atoms with Crippen molar-refractivity contribution in [2.75, 3.05) is 50.9 Å². The average molecular weight is 332 g/mol. The first kappa shape index (κ1) is 17.7. The lowest BCUT2D eigenvalue weighted by atomic mass is 10.0. The third-order valence-corrected chi connectivity index (χ3v) is 6.23. The molecule has 2 aliphatic rings. The predicted octanol–water partition coefficient (Wildman–Crippen LogP) is 0.236. The van der Waals surface area contributed by atoms with Crippen molar-refractivity contribution >= 4 is 15.7 Å². The van der Waals surface area contributed by atoms with Gasteiger partial charge in [-0.25, -0.2) is 8.42 Å². The van der Waals surface area contributed by atoms with Crippen LogP contribution in [-0.2, 0) is 19.4 Å². The maximum Gasteiger partial charge on any atom is 0.237 e. The maximum absolute atomic E-state index is 12.3. The van der Waals surface area contributed by atoms with Crippen LogP contribution in [0.15, 0.2) is 0 Å². The first-order valence-electron chi connectivity index (χ1n) is 8.08. The highest BCUT2D eigenvalue weighted by atomic mass is 32.2. The topological polar surface area (TPSA) is 66.9 Å². The van der Waals surface area contributed by atoms with Crippen molar-refractivity contribution in [3.63, 3.8) is 0 Å². The summed E-state index contributed by atoms with van der Waals surface area (Å²) in [5.41, 5.74) is 0. The minimum Gasteiger partial charge on any atom is -0.379 e. The van der Waals surface area contributed by atoms with Crippen molar-refractivity contribution in [1.82, 2.24) is 9.80 Å². The molecule has 0 radical (unpaired) electrons. The van der Waals surface area contributed by atoms with Gasteiger partial charge in [0.2, 0.25) is 5.91 Å². The summed E-state index contributed by atoms with van der Waals surface area (Å²) in [5, 5.41) is 0. The molecule has 0 aliphatic carbocycles. The van der Waals surface area contributed by atoms with Crippen molar-refractivity contribution in [1.29, 1.82) is 0 Å². The molecule has 0 saturated carbocycles. The van der Waals surface area contributed by atoms with Crippen LogP contribution in [0.25, 0.3) is 0 Å². The van der Waals surface area contributed by atoms with Crippen LogP contribution in [0.5, 0.6) is 0 Å². The van der Waals surface area contributed by atoms with Crippen LogP contribution in [0.2, 0.25) is 0 Å². The number of amides is 1. The van der Waals surface area contributed by atoms with Gasteiger partial charge in [-0.05, 0) is 11.8 Å². The van der Waals surface area contributed by atoms with Crippen LogP contribution in [0.1, 0.15) is 20.8 Å². The Hall–Kier alpha value is -0.660. The van der Waals surface area contributed by atoms with E-state index in [-0.39, 0.29) is 23.3 Å². The number of carbonyl (C=O) groups is 1. The number of sulfone groups is 1. The Bertz CT molecular complexity index is 486. The molecule has 0 N–H and O–H groups in total. The summed E-state index contributed by atoms with van der Waals surface area (Å²) < 4.78 is 29.4. The molecule has 2 aliphatic heterocycles. The van der Waals surface area contributed by atoms with E-state index in [2.05, 4.69) is 11.8 Å². The average Bonchev–Trinajstić information content (AvgIpc) is 2.80. The first-order chi connectivity index (χ1) is 10.3. The van der Waals surface area contributed by atoms with Crippen LogP contribution in [0.3, 0.4) is 0 Å². The fourth-order valence-electron chi connectivity index (χ4n) is 3.38. The van der Waals surface area contributed by atoms with Crippen molar-refractivity contribution in [2.45, 2.75) is 26.8 Å². The second-order valence-corrected chi connectivity index (χ2v) is 9.05. The number of nitrogens with zero attached hydrogens (tertiary/aromatic N) is 2. The molecule has 22 heavy (non-hydrogen) atoms. The summed E-state index contributed by atoms with van der Waals surface area (Å²) in [5.74, 6) is -0.0996. The van der Waals surface area contributed by atoms with Gasteiger partial charge >= 0.3 is 0 Å². The Morgan fingerprint density at radius 1 is 1.23 bits per heavy atom. The molecule has 2 rings (SSSR count). The van der Waals surface area contributed by atoms with E-state index >= 15 is 0 Å². The SMILES string of the molecule is CC(C)CS(=O)(=O)CC(=O)N1C[C@@H](C)[C@H](N2CCOCC2)C1. The molecule has 2 fully saturated rings. The molecule has 0 aromatic rings. The van der Waals surface area contributed by atoms with Crippen LogP contribution >= 0.6 is 0 Å². The van der Waals surface area contributed by atoms with Gasteiger partial charge in [-0.15, -0.1) is 0 Å². The molecule has 0 bridgehead atoms. The Balaban J connectivity index is 1.92. The third kappa shape index (κ3) is 4.67. The largest absolute Gasteiger partial charge is 0.379 e. The molecule has 128 valence electrons. The van der Waals surface area contributed by atoms with E-state index < -0.39 is 9.84 Å². The molecule has 2 saturated heterocycles. The zero-order valence-corrected chi connectivity index (χ0v) is 14.6. The highest BCUT2D eigenvalue weighted by Gasteiger charge is 2.37. The Morgan fingerprint density at radius 3 is 2.45 bits per heavy atom. The van der Waals surface area contributed by atoms with Gasteiger partial charge in [-0.1, -0.05) is 20.8 Å². The van der Waals surface area contributed by atoms with Crippen molar-refractivity contribution in [2.24, 2.45) is 11.8 Å². The second kappa shape index (κ2) is 7.27. The molecule has 0 aromatic carbocycles. The standard InChI is InChI=1S/C15H28N2O4S/c1-12(2)10-22(19,20)11-15(18)17-8-13(3)14(9-17)16-4-6-21-7-5-16/h12-14H,4-11H2,1-3H3/t13-,14-/m1/s1.